The van der Waals surface area contributed by atoms with Crippen LogP contribution in [-0.2, 0) is 11.3 Å². The molecular weight excluding hydrogens is 254 g/mol. The highest BCUT2D eigenvalue weighted by Gasteiger charge is 2.07. The summed E-state index contributed by atoms with van der Waals surface area (Å²) in [4.78, 5) is 11.9. The first-order valence-corrected chi connectivity index (χ1v) is 6.63. The molecule has 0 unspecified atom stereocenters. The van der Waals surface area contributed by atoms with Crippen LogP contribution in [0.25, 0.3) is 0 Å². The third kappa shape index (κ3) is 4.20. The van der Waals surface area contributed by atoms with Crippen LogP contribution in [0.4, 0.5) is 0 Å². The Bertz CT molecular complexity index is 537. The van der Waals surface area contributed by atoms with E-state index in [0.717, 1.165) is 12.0 Å². The number of rotatable bonds is 7. The maximum Gasteiger partial charge on any atom is 0.254 e. The second kappa shape index (κ2) is 7.45. The molecule has 0 saturated carbocycles. The summed E-state index contributed by atoms with van der Waals surface area (Å²) in [5.74, 6) is -0.0968. The lowest BCUT2D eigenvalue weighted by Crippen LogP contribution is -2.24. The highest BCUT2D eigenvalue weighted by Crippen LogP contribution is 2.04. The summed E-state index contributed by atoms with van der Waals surface area (Å²) < 4.78 is 6.70. The highest BCUT2D eigenvalue weighted by atomic mass is 16.5. The number of carbonyl (C=O) groups is 1. The largest absolute Gasteiger partial charge is 0.385 e. The van der Waals surface area contributed by atoms with E-state index < -0.39 is 0 Å². The molecule has 0 aliphatic carbocycles. The molecule has 0 radical (unpaired) electrons. The molecule has 5 nitrogen and oxygen atoms in total. The van der Waals surface area contributed by atoms with Gasteiger partial charge in [-0.05, 0) is 12.0 Å². The van der Waals surface area contributed by atoms with E-state index in [1.165, 1.54) is 0 Å². The predicted molar refractivity (Wildman–Crippen MR) is 76.6 cm³/mol. The Morgan fingerprint density at radius 1 is 1.35 bits per heavy atom. The number of methoxy groups -OCH3 is 1. The van der Waals surface area contributed by atoms with Gasteiger partial charge in [0.05, 0.1) is 18.3 Å². The third-order valence-corrected chi connectivity index (χ3v) is 2.89. The lowest BCUT2D eigenvalue weighted by atomic mass is 10.2. The molecule has 0 spiro atoms. The molecule has 0 aliphatic heterocycles. The van der Waals surface area contributed by atoms with Crippen molar-refractivity contribution in [1.29, 1.82) is 0 Å². The van der Waals surface area contributed by atoms with Crippen molar-refractivity contribution in [2.75, 3.05) is 20.3 Å². The maximum atomic E-state index is 11.9. The second-order valence-electron chi connectivity index (χ2n) is 4.51. The fraction of sp³-hybridized carbons (Fsp3) is 0.333. The zero-order valence-corrected chi connectivity index (χ0v) is 11.6. The summed E-state index contributed by atoms with van der Waals surface area (Å²) >= 11 is 0. The Kier molecular flexibility index (Phi) is 5.32. The summed E-state index contributed by atoms with van der Waals surface area (Å²) in [5.41, 5.74) is 1.74. The first kappa shape index (κ1) is 14.3. The lowest BCUT2D eigenvalue weighted by molar-refractivity contribution is 0.0948. The monoisotopic (exact) mass is 273 g/mol. The summed E-state index contributed by atoms with van der Waals surface area (Å²) in [6, 6.07) is 10.0. The molecule has 0 aliphatic rings. The van der Waals surface area contributed by atoms with Crippen LogP contribution < -0.4 is 5.32 Å². The van der Waals surface area contributed by atoms with Gasteiger partial charge >= 0.3 is 0 Å². The van der Waals surface area contributed by atoms with Gasteiger partial charge < -0.3 is 10.1 Å². The van der Waals surface area contributed by atoms with Crippen LogP contribution in [0.2, 0.25) is 0 Å². The van der Waals surface area contributed by atoms with Gasteiger partial charge in [0.15, 0.2) is 0 Å². The molecule has 5 heteroatoms. The number of amides is 1. The number of aromatic nitrogens is 2. The van der Waals surface area contributed by atoms with Gasteiger partial charge in [-0.25, -0.2) is 0 Å². The van der Waals surface area contributed by atoms with E-state index in [2.05, 4.69) is 10.4 Å². The first-order chi connectivity index (χ1) is 9.79. The van der Waals surface area contributed by atoms with E-state index >= 15 is 0 Å². The number of ether oxygens (including phenoxy) is 1. The number of hydrogen-bond acceptors (Lipinski definition) is 3. The van der Waals surface area contributed by atoms with Crippen LogP contribution >= 0.6 is 0 Å². The molecule has 0 fully saturated rings. The molecule has 20 heavy (non-hydrogen) atoms. The smallest absolute Gasteiger partial charge is 0.254 e. The average molecular weight is 273 g/mol. The molecule has 1 amide bonds. The Morgan fingerprint density at radius 2 is 2.15 bits per heavy atom. The molecule has 106 valence electrons. The van der Waals surface area contributed by atoms with Gasteiger partial charge in [-0.15, -0.1) is 0 Å². The van der Waals surface area contributed by atoms with Gasteiger partial charge in [-0.1, -0.05) is 30.3 Å². The molecule has 1 heterocycles. The van der Waals surface area contributed by atoms with Crippen LogP contribution in [0.3, 0.4) is 0 Å². The minimum Gasteiger partial charge on any atom is -0.385 e. The van der Waals surface area contributed by atoms with Crippen LogP contribution in [0.15, 0.2) is 42.7 Å². The number of nitrogens with one attached hydrogen (secondary N) is 1. The summed E-state index contributed by atoms with van der Waals surface area (Å²) in [6.07, 6.45) is 4.16. The lowest BCUT2D eigenvalue weighted by Gasteiger charge is -2.03. The van der Waals surface area contributed by atoms with Gasteiger partial charge in [-0.3, -0.25) is 9.48 Å². The van der Waals surface area contributed by atoms with Crippen molar-refractivity contribution in [3.63, 3.8) is 0 Å². The normalized spacial score (nSPS) is 10.4. The van der Waals surface area contributed by atoms with Crippen molar-refractivity contribution in [2.24, 2.45) is 0 Å². The van der Waals surface area contributed by atoms with E-state index in [1.807, 2.05) is 30.3 Å². The number of carbonyl (C=O) groups excluding carboxylic acids is 1. The summed E-state index contributed by atoms with van der Waals surface area (Å²) in [5, 5.41) is 7.05. The third-order valence-electron chi connectivity index (χ3n) is 2.89. The van der Waals surface area contributed by atoms with E-state index in [1.54, 1.807) is 24.2 Å². The number of benzene rings is 1. The minimum absolute atomic E-state index is 0.0968. The van der Waals surface area contributed by atoms with Crippen LogP contribution in [0.5, 0.6) is 0 Å². The van der Waals surface area contributed by atoms with Gasteiger partial charge in [0.25, 0.3) is 5.91 Å². The fourth-order valence-corrected chi connectivity index (χ4v) is 1.86. The Labute approximate surface area is 118 Å². The van der Waals surface area contributed by atoms with Crippen molar-refractivity contribution < 1.29 is 9.53 Å². The van der Waals surface area contributed by atoms with Crippen LogP contribution in [0, 0.1) is 0 Å². The molecule has 1 aromatic carbocycles. The number of hydrogen-bond donors (Lipinski definition) is 1. The maximum absolute atomic E-state index is 11.9. The Balaban J connectivity index is 1.87. The molecule has 0 atom stereocenters. The zero-order valence-electron chi connectivity index (χ0n) is 11.6. The fourth-order valence-electron chi connectivity index (χ4n) is 1.86. The Morgan fingerprint density at radius 3 is 2.90 bits per heavy atom. The number of nitrogens with zero attached hydrogens (tertiary/aromatic N) is 2. The minimum atomic E-state index is -0.0968. The van der Waals surface area contributed by atoms with Crippen molar-refractivity contribution in [1.82, 2.24) is 15.1 Å². The molecule has 1 N–H and O–H groups in total. The van der Waals surface area contributed by atoms with Crippen LogP contribution in [0.1, 0.15) is 22.3 Å². The zero-order chi connectivity index (χ0) is 14.2. The van der Waals surface area contributed by atoms with E-state index in [0.29, 0.717) is 25.3 Å². The standard InChI is InChI=1S/C15H19N3O2/c1-20-9-5-8-16-15(19)14-10-17-18(12-14)11-13-6-3-2-4-7-13/h2-4,6-7,10,12H,5,8-9,11H2,1H3,(H,16,19). The van der Waals surface area contributed by atoms with Crippen molar-refractivity contribution >= 4 is 5.91 Å². The topological polar surface area (TPSA) is 56.1 Å². The second-order valence-corrected chi connectivity index (χ2v) is 4.51. The summed E-state index contributed by atoms with van der Waals surface area (Å²) in [7, 11) is 1.65. The van der Waals surface area contributed by atoms with Crippen molar-refractivity contribution in [3.8, 4) is 0 Å². The van der Waals surface area contributed by atoms with Crippen molar-refractivity contribution in [2.45, 2.75) is 13.0 Å². The molecule has 1 aromatic heterocycles. The van der Waals surface area contributed by atoms with E-state index in [9.17, 15) is 4.79 Å². The molecule has 2 aromatic rings. The average Bonchev–Trinajstić information content (AvgIpc) is 2.93. The van der Waals surface area contributed by atoms with Gasteiger partial charge in [0.1, 0.15) is 0 Å². The molecule has 0 bridgehead atoms. The highest BCUT2D eigenvalue weighted by molar-refractivity contribution is 5.93. The van der Waals surface area contributed by atoms with E-state index in [4.69, 9.17) is 4.74 Å². The molecule has 0 saturated heterocycles. The van der Waals surface area contributed by atoms with Gasteiger partial charge in [0, 0.05) is 26.5 Å². The van der Waals surface area contributed by atoms with Gasteiger partial charge in [-0.2, -0.15) is 5.10 Å². The summed E-state index contributed by atoms with van der Waals surface area (Å²) in [6.45, 7) is 1.92. The Hall–Kier alpha value is -2.14. The van der Waals surface area contributed by atoms with Crippen molar-refractivity contribution in [3.05, 3.63) is 53.9 Å². The van der Waals surface area contributed by atoms with Gasteiger partial charge in [0.2, 0.25) is 0 Å². The predicted octanol–water partition coefficient (Wildman–Crippen LogP) is 1.70. The van der Waals surface area contributed by atoms with E-state index in [-0.39, 0.29) is 5.91 Å². The quantitative estimate of drug-likeness (QED) is 0.781. The molecule has 2 rings (SSSR count). The SMILES string of the molecule is COCCCNC(=O)c1cnn(Cc2ccccc2)c1. The van der Waals surface area contributed by atoms with Crippen LogP contribution in [-0.4, -0.2) is 35.9 Å². The molecular formula is C15H19N3O2. The first-order valence-electron chi connectivity index (χ1n) is 6.63.